The molecule has 130 valence electrons. The van der Waals surface area contributed by atoms with Crippen molar-refractivity contribution in [2.75, 3.05) is 0 Å². The molecule has 2 saturated carbocycles. The van der Waals surface area contributed by atoms with Crippen molar-refractivity contribution in [1.29, 1.82) is 0 Å². The molecule has 1 aromatic carbocycles. The molecule has 0 amide bonds. The minimum absolute atomic E-state index is 0.0777. The van der Waals surface area contributed by atoms with Crippen LogP contribution in [-0.2, 0) is 11.2 Å². The van der Waals surface area contributed by atoms with Crippen LogP contribution in [0.1, 0.15) is 56.1 Å². The van der Waals surface area contributed by atoms with E-state index in [1.54, 1.807) is 6.07 Å². The van der Waals surface area contributed by atoms with Crippen LogP contribution in [0.5, 0.6) is 5.75 Å². The van der Waals surface area contributed by atoms with Crippen LogP contribution < -0.4 is 0 Å². The number of carboxylic acid groups (broad SMARTS) is 1. The van der Waals surface area contributed by atoms with Gasteiger partial charge in [-0.15, -0.1) is 0 Å². The van der Waals surface area contributed by atoms with Crippen molar-refractivity contribution in [1.82, 2.24) is 0 Å². The Labute approximate surface area is 142 Å². The summed E-state index contributed by atoms with van der Waals surface area (Å²) in [7, 11) is 0. The third-order valence-electron chi connectivity index (χ3n) is 7.24. The van der Waals surface area contributed by atoms with E-state index in [1.807, 2.05) is 6.07 Å². The van der Waals surface area contributed by atoms with Crippen molar-refractivity contribution < 1.29 is 20.1 Å². The fraction of sp³-hybridized carbons (Fsp3) is 0.650. The molecule has 24 heavy (non-hydrogen) atoms. The van der Waals surface area contributed by atoms with Gasteiger partial charge in [-0.1, -0.05) is 13.0 Å². The molecular weight excluding hydrogens is 304 g/mol. The van der Waals surface area contributed by atoms with Crippen LogP contribution in [0.2, 0.25) is 0 Å². The second-order valence-electron chi connectivity index (χ2n) is 8.37. The van der Waals surface area contributed by atoms with Gasteiger partial charge in [-0.2, -0.15) is 0 Å². The summed E-state index contributed by atoms with van der Waals surface area (Å²) in [5, 5.41) is 29.7. The van der Waals surface area contributed by atoms with Crippen molar-refractivity contribution in [2.24, 2.45) is 23.2 Å². The lowest BCUT2D eigenvalue weighted by atomic mass is 9.54. The summed E-state index contributed by atoms with van der Waals surface area (Å²) in [6.07, 6.45) is 4.39. The average molecular weight is 330 g/mol. The summed E-state index contributed by atoms with van der Waals surface area (Å²) >= 11 is 0. The first-order chi connectivity index (χ1) is 11.4. The van der Waals surface area contributed by atoms with Gasteiger partial charge in [-0.25, -0.2) is 0 Å². The smallest absolute Gasteiger partial charge is 0.303 e. The van der Waals surface area contributed by atoms with E-state index >= 15 is 0 Å². The van der Waals surface area contributed by atoms with Crippen LogP contribution >= 0.6 is 0 Å². The number of aliphatic hydroxyl groups excluding tert-OH is 1. The van der Waals surface area contributed by atoms with E-state index in [1.165, 1.54) is 11.1 Å². The van der Waals surface area contributed by atoms with Gasteiger partial charge in [0.1, 0.15) is 5.75 Å². The number of phenols is 1. The molecule has 3 aliphatic carbocycles. The van der Waals surface area contributed by atoms with Crippen LogP contribution in [0.25, 0.3) is 0 Å². The SMILES string of the molecule is C[C@]12CC[C@@H]3c4ccc(O)cc4CC[C@H]3[C@@H]1[C@@H](CC(=O)O)C[C@@H]2O. The van der Waals surface area contributed by atoms with Crippen LogP contribution in [-0.4, -0.2) is 27.4 Å². The van der Waals surface area contributed by atoms with E-state index in [4.69, 9.17) is 0 Å². The minimum Gasteiger partial charge on any atom is -0.508 e. The summed E-state index contributed by atoms with van der Waals surface area (Å²) in [4.78, 5) is 11.3. The van der Waals surface area contributed by atoms with Crippen molar-refractivity contribution in [3.63, 3.8) is 0 Å². The number of hydrogen-bond donors (Lipinski definition) is 3. The third-order valence-corrected chi connectivity index (χ3v) is 7.24. The Morgan fingerprint density at radius 1 is 1.33 bits per heavy atom. The first-order valence-electron chi connectivity index (χ1n) is 9.12. The van der Waals surface area contributed by atoms with Crippen molar-refractivity contribution in [3.05, 3.63) is 29.3 Å². The molecule has 0 radical (unpaired) electrons. The summed E-state index contributed by atoms with van der Waals surface area (Å²) in [6, 6.07) is 5.71. The van der Waals surface area contributed by atoms with E-state index in [9.17, 15) is 20.1 Å². The number of hydrogen-bond acceptors (Lipinski definition) is 3. The lowest BCUT2D eigenvalue weighted by Crippen LogP contribution is -2.45. The molecule has 3 N–H and O–H groups in total. The topological polar surface area (TPSA) is 77.8 Å². The normalized spacial score (nSPS) is 40.5. The molecule has 4 rings (SSSR count). The maximum absolute atomic E-state index is 11.3. The molecule has 3 aliphatic rings. The molecule has 0 bridgehead atoms. The summed E-state index contributed by atoms with van der Waals surface area (Å²) in [5.41, 5.74) is 2.44. The van der Waals surface area contributed by atoms with E-state index in [0.717, 1.165) is 25.7 Å². The molecule has 4 heteroatoms. The Morgan fingerprint density at radius 3 is 2.88 bits per heavy atom. The minimum atomic E-state index is -0.750. The molecule has 0 spiro atoms. The molecule has 0 aliphatic heterocycles. The molecule has 0 saturated heterocycles. The predicted molar refractivity (Wildman–Crippen MR) is 89.9 cm³/mol. The van der Waals surface area contributed by atoms with Gasteiger partial charge in [0, 0.05) is 6.42 Å². The second-order valence-corrected chi connectivity index (χ2v) is 8.37. The molecule has 0 heterocycles. The van der Waals surface area contributed by atoms with Crippen LogP contribution in [0.4, 0.5) is 0 Å². The molecule has 6 atom stereocenters. The first kappa shape index (κ1) is 15.9. The molecule has 0 unspecified atom stereocenters. The fourth-order valence-electron chi connectivity index (χ4n) is 6.26. The highest BCUT2D eigenvalue weighted by atomic mass is 16.4. The van der Waals surface area contributed by atoms with Gasteiger partial charge in [0.25, 0.3) is 0 Å². The van der Waals surface area contributed by atoms with Crippen LogP contribution in [0, 0.1) is 23.2 Å². The quantitative estimate of drug-likeness (QED) is 0.777. The number of rotatable bonds is 2. The van der Waals surface area contributed by atoms with Crippen molar-refractivity contribution in [3.8, 4) is 5.75 Å². The van der Waals surface area contributed by atoms with Gasteiger partial charge >= 0.3 is 5.97 Å². The lowest BCUT2D eigenvalue weighted by molar-refractivity contribution is -0.139. The van der Waals surface area contributed by atoms with Crippen LogP contribution in [0.15, 0.2) is 18.2 Å². The van der Waals surface area contributed by atoms with Gasteiger partial charge in [0.15, 0.2) is 0 Å². The van der Waals surface area contributed by atoms with Gasteiger partial charge in [0.2, 0.25) is 0 Å². The lowest BCUT2D eigenvalue weighted by Gasteiger charge is -2.51. The number of aromatic hydroxyl groups is 1. The zero-order valence-corrected chi connectivity index (χ0v) is 14.1. The van der Waals surface area contributed by atoms with E-state index < -0.39 is 5.97 Å². The fourth-order valence-corrected chi connectivity index (χ4v) is 6.26. The highest BCUT2D eigenvalue weighted by Gasteiger charge is 2.58. The monoisotopic (exact) mass is 330 g/mol. The Balaban J connectivity index is 1.71. The van der Waals surface area contributed by atoms with Crippen molar-refractivity contribution >= 4 is 5.97 Å². The maximum atomic E-state index is 11.3. The number of phenolic OH excluding ortho intramolecular Hbond substituents is 1. The standard InChI is InChI=1S/C20H26O4/c1-20-7-6-15-14-5-3-13(21)8-11(14)2-4-16(15)19(20)12(9-17(20)22)10-18(23)24/h3,5,8,12,15-17,19,21-22H,2,4,6-7,9-10H2,1H3,(H,23,24)/t12-,15-,16-,17+,19+,20-/m1/s1. The second kappa shape index (κ2) is 5.48. The Kier molecular flexibility index (Phi) is 3.64. The molecule has 2 fully saturated rings. The first-order valence-corrected chi connectivity index (χ1v) is 9.12. The van der Waals surface area contributed by atoms with Gasteiger partial charge < -0.3 is 15.3 Å². The number of aliphatic carboxylic acids is 1. The van der Waals surface area contributed by atoms with E-state index in [0.29, 0.717) is 24.0 Å². The number of aryl methyl sites for hydroxylation is 1. The number of benzene rings is 1. The predicted octanol–water partition coefficient (Wildman–Crippen LogP) is 3.31. The Morgan fingerprint density at radius 2 is 2.12 bits per heavy atom. The Bertz CT molecular complexity index is 670. The molecule has 4 nitrogen and oxygen atoms in total. The summed E-state index contributed by atoms with van der Waals surface area (Å²) < 4.78 is 0. The van der Waals surface area contributed by atoms with Gasteiger partial charge in [-0.3, -0.25) is 4.79 Å². The highest BCUT2D eigenvalue weighted by Crippen LogP contribution is 2.63. The van der Waals surface area contributed by atoms with E-state index in [2.05, 4.69) is 13.0 Å². The number of fused-ring (bicyclic) bond motifs is 5. The zero-order valence-electron chi connectivity index (χ0n) is 14.1. The highest BCUT2D eigenvalue weighted by molar-refractivity contribution is 5.67. The molecular formula is C20H26O4. The number of carboxylic acids is 1. The summed E-state index contributed by atoms with van der Waals surface area (Å²) in [6.45, 7) is 2.17. The zero-order chi connectivity index (χ0) is 17.1. The Hall–Kier alpha value is -1.55. The molecule has 1 aromatic rings. The van der Waals surface area contributed by atoms with Crippen LogP contribution in [0.3, 0.4) is 0 Å². The maximum Gasteiger partial charge on any atom is 0.303 e. The number of aliphatic hydroxyl groups is 1. The molecule has 0 aromatic heterocycles. The summed E-state index contributed by atoms with van der Waals surface area (Å²) in [5.74, 6) is 0.821. The van der Waals surface area contributed by atoms with Crippen molar-refractivity contribution in [2.45, 2.75) is 57.5 Å². The largest absolute Gasteiger partial charge is 0.508 e. The van der Waals surface area contributed by atoms with Gasteiger partial charge in [0.05, 0.1) is 6.10 Å². The third kappa shape index (κ3) is 2.26. The van der Waals surface area contributed by atoms with E-state index in [-0.39, 0.29) is 29.8 Å². The number of carbonyl (C=O) groups is 1. The average Bonchev–Trinajstić information content (AvgIpc) is 2.77. The van der Waals surface area contributed by atoms with Gasteiger partial charge in [-0.05, 0) is 84.5 Å².